The summed E-state index contributed by atoms with van der Waals surface area (Å²) >= 11 is 0. The summed E-state index contributed by atoms with van der Waals surface area (Å²) in [5.74, 6) is -0.230. The Bertz CT molecular complexity index is 806. The van der Waals surface area contributed by atoms with E-state index in [1.165, 1.54) is 0 Å². The maximum Gasteiger partial charge on any atom is 0.273 e. The van der Waals surface area contributed by atoms with Gasteiger partial charge in [0.05, 0.1) is 11.8 Å². The van der Waals surface area contributed by atoms with Crippen LogP contribution in [-0.4, -0.2) is 21.7 Å². The maximum atomic E-state index is 12.2. The van der Waals surface area contributed by atoms with Crippen molar-refractivity contribution >= 4 is 23.0 Å². The van der Waals surface area contributed by atoms with Crippen molar-refractivity contribution in [1.29, 1.82) is 0 Å². The highest BCUT2D eigenvalue weighted by Crippen LogP contribution is 2.19. The van der Waals surface area contributed by atoms with E-state index in [4.69, 9.17) is 0 Å². The van der Waals surface area contributed by atoms with Gasteiger partial charge in [0.1, 0.15) is 0 Å². The number of hydrogen-bond donors (Lipinski definition) is 1. The van der Waals surface area contributed by atoms with Crippen LogP contribution in [0, 0.1) is 0 Å². The normalized spacial score (nSPS) is 11.1. The van der Waals surface area contributed by atoms with Gasteiger partial charge < -0.3 is 4.57 Å². The second kappa shape index (κ2) is 5.58. The van der Waals surface area contributed by atoms with Crippen molar-refractivity contribution in [3.05, 3.63) is 66.1 Å². The molecule has 0 saturated heterocycles. The lowest BCUT2D eigenvalue weighted by atomic mass is 10.2. The van der Waals surface area contributed by atoms with Crippen LogP contribution in [-0.2, 0) is 7.05 Å². The number of aryl methyl sites for hydroxylation is 1. The van der Waals surface area contributed by atoms with Gasteiger partial charge in [0, 0.05) is 42.1 Å². The average molecular weight is 278 g/mol. The van der Waals surface area contributed by atoms with Crippen LogP contribution < -0.4 is 5.43 Å². The van der Waals surface area contributed by atoms with Crippen LogP contribution in [0.2, 0.25) is 0 Å². The van der Waals surface area contributed by atoms with Crippen LogP contribution in [0.15, 0.2) is 60.1 Å². The van der Waals surface area contributed by atoms with Crippen LogP contribution in [0.3, 0.4) is 0 Å². The van der Waals surface area contributed by atoms with Crippen molar-refractivity contribution in [2.24, 2.45) is 12.1 Å². The van der Waals surface area contributed by atoms with Gasteiger partial charge in [0.2, 0.25) is 0 Å². The van der Waals surface area contributed by atoms with Crippen LogP contribution >= 0.6 is 0 Å². The molecule has 0 aliphatic rings. The van der Waals surface area contributed by atoms with Gasteiger partial charge in [-0.25, -0.2) is 5.43 Å². The Balaban J connectivity index is 1.80. The van der Waals surface area contributed by atoms with Crippen LogP contribution in [0.5, 0.6) is 0 Å². The average Bonchev–Trinajstić information content (AvgIpc) is 2.86. The molecule has 1 amide bonds. The molecule has 1 aromatic carbocycles. The second-order valence-corrected chi connectivity index (χ2v) is 4.66. The van der Waals surface area contributed by atoms with Gasteiger partial charge in [-0.15, -0.1) is 0 Å². The van der Waals surface area contributed by atoms with E-state index in [1.807, 2.05) is 48.0 Å². The molecule has 0 radical (unpaired) electrons. The lowest BCUT2D eigenvalue weighted by Gasteiger charge is -1.97. The number of fused-ring (bicyclic) bond motifs is 1. The highest BCUT2D eigenvalue weighted by atomic mass is 16.2. The summed E-state index contributed by atoms with van der Waals surface area (Å²) < 4.78 is 1.93. The third-order valence-corrected chi connectivity index (χ3v) is 3.21. The summed E-state index contributed by atoms with van der Waals surface area (Å²) in [6.07, 6.45) is 6.73. The largest absolute Gasteiger partial charge is 0.350 e. The van der Waals surface area contributed by atoms with Crippen molar-refractivity contribution in [2.45, 2.75) is 0 Å². The highest BCUT2D eigenvalue weighted by molar-refractivity contribution is 6.07. The van der Waals surface area contributed by atoms with Crippen molar-refractivity contribution in [2.75, 3.05) is 0 Å². The molecule has 3 aromatic rings. The minimum atomic E-state index is -0.230. The van der Waals surface area contributed by atoms with E-state index < -0.39 is 0 Å². The number of nitrogens with one attached hydrogen (secondary N) is 1. The minimum absolute atomic E-state index is 0.230. The van der Waals surface area contributed by atoms with Crippen molar-refractivity contribution in [3.63, 3.8) is 0 Å². The number of para-hydroxylation sites is 1. The molecule has 104 valence electrons. The molecule has 0 fully saturated rings. The zero-order chi connectivity index (χ0) is 14.7. The first kappa shape index (κ1) is 13.1. The van der Waals surface area contributed by atoms with E-state index in [9.17, 15) is 4.79 Å². The third kappa shape index (κ3) is 2.67. The zero-order valence-corrected chi connectivity index (χ0v) is 11.5. The van der Waals surface area contributed by atoms with Gasteiger partial charge in [-0.05, 0) is 12.1 Å². The maximum absolute atomic E-state index is 12.2. The summed E-state index contributed by atoms with van der Waals surface area (Å²) in [6.45, 7) is 0. The number of pyridine rings is 1. The smallest absolute Gasteiger partial charge is 0.273 e. The molecule has 5 nitrogen and oxygen atoms in total. The van der Waals surface area contributed by atoms with Gasteiger partial charge in [-0.3, -0.25) is 9.78 Å². The molecular formula is C16H14N4O. The quantitative estimate of drug-likeness (QED) is 0.590. The van der Waals surface area contributed by atoms with E-state index in [0.717, 1.165) is 16.5 Å². The number of rotatable bonds is 3. The van der Waals surface area contributed by atoms with E-state index in [1.54, 1.807) is 24.8 Å². The number of benzene rings is 1. The fourth-order valence-electron chi connectivity index (χ4n) is 2.20. The number of aromatic nitrogens is 2. The van der Waals surface area contributed by atoms with Crippen LogP contribution in [0.4, 0.5) is 0 Å². The van der Waals surface area contributed by atoms with Crippen molar-refractivity contribution in [3.8, 4) is 0 Å². The topological polar surface area (TPSA) is 59.3 Å². The standard InChI is InChI=1S/C16H14N4O/c1-20-11-14(13-6-2-3-7-15(13)20)16(21)19-18-10-12-5-4-8-17-9-12/h2-11H,1H3,(H,19,21). The molecule has 0 saturated carbocycles. The number of hydrogen-bond acceptors (Lipinski definition) is 3. The van der Waals surface area contributed by atoms with E-state index in [2.05, 4.69) is 15.5 Å². The summed E-state index contributed by atoms with van der Waals surface area (Å²) in [7, 11) is 1.91. The monoisotopic (exact) mass is 278 g/mol. The molecule has 21 heavy (non-hydrogen) atoms. The summed E-state index contributed by atoms with van der Waals surface area (Å²) in [5.41, 5.74) is 4.99. The molecular weight excluding hydrogens is 264 g/mol. The Labute approximate surface area is 121 Å². The van der Waals surface area contributed by atoms with Crippen molar-refractivity contribution in [1.82, 2.24) is 15.0 Å². The molecule has 2 aromatic heterocycles. The molecule has 0 unspecified atom stereocenters. The molecule has 0 bridgehead atoms. The summed E-state index contributed by atoms with van der Waals surface area (Å²) in [6, 6.07) is 11.4. The lowest BCUT2D eigenvalue weighted by molar-refractivity contribution is 0.0956. The number of nitrogens with zero attached hydrogens (tertiary/aromatic N) is 3. The molecule has 0 aliphatic carbocycles. The molecule has 1 N–H and O–H groups in total. The predicted octanol–water partition coefficient (Wildman–Crippen LogP) is 2.34. The van der Waals surface area contributed by atoms with Crippen LogP contribution in [0.25, 0.3) is 10.9 Å². The second-order valence-electron chi connectivity index (χ2n) is 4.66. The SMILES string of the molecule is Cn1cc(C(=O)NN=Cc2cccnc2)c2ccccc21. The number of hydrazone groups is 1. The van der Waals surface area contributed by atoms with E-state index in [-0.39, 0.29) is 5.91 Å². The number of carbonyl (C=O) groups is 1. The van der Waals surface area contributed by atoms with Gasteiger partial charge in [-0.1, -0.05) is 24.3 Å². The third-order valence-electron chi connectivity index (χ3n) is 3.21. The van der Waals surface area contributed by atoms with Gasteiger partial charge in [0.15, 0.2) is 0 Å². The Kier molecular flexibility index (Phi) is 3.47. The number of amides is 1. The Hall–Kier alpha value is -2.95. The van der Waals surface area contributed by atoms with E-state index >= 15 is 0 Å². The Morgan fingerprint density at radius 2 is 2.14 bits per heavy atom. The first-order chi connectivity index (χ1) is 10.3. The van der Waals surface area contributed by atoms with Crippen LogP contribution in [0.1, 0.15) is 15.9 Å². The van der Waals surface area contributed by atoms with Gasteiger partial charge in [0.25, 0.3) is 5.91 Å². The fourth-order valence-corrected chi connectivity index (χ4v) is 2.20. The minimum Gasteiger partial charge on any atom is -0.350 e. The molecule has 0 spiro atoms. The Morgan fingerprint density at radius 1 is 1.29 bits per heavy atom. The van der Waals surface area contributed by atoms with Crippen molar-refractivity contribution < 1.29 is 4.79 Å². The van der Waals surface area contributed by atoms with Gasteiger partial charge in [-0.2, -0.15) is 5.10 Å². The Morgan fingerprint density at radius 3 is 2.95 bits per heavy atom. The highest BCUT2D eigenvalue weighted by Gasteiger charge is 2.12. The molecule has 2 heterocycles. The number of carbonyl (C=O) groups excluding carboxylic acids is 1. The summed E-state index contributed by atoms with van der Waals surface area (Å²) in [4.78, 5) is 16.2. The molecule has 0 aliphatic heterocycles. The fraction of sp³-hybridized carbons (Fsp3) is 0.0625. The summed E-state index contributed by atoms with van der Waals surface area (Å²) in [5, 5.41) is 4.87. The first-order valence-corrected chi connectivity index (χ1v) is 6.53. The molecule has 5 heteroatoms. The molecule has 0 atom stereocenters. The first-order valence-electron chi connectivity index (χ1n) is 6.53. The van der Waals surface area contributed by atoms with E-state index in [0.29, 0.717) is 5.56 Å². The lowest BCUT2D eigenvalue weighted by Crippen LogP contribution is -2.17. The van der Waals surface area contributed by atoms with Gasteiger partial charge >= 0.3 is 0 Å². The molecule has 3 rings (SSSR count). The zero-order valence-electron chi connectivity index (χ0n) is 11.5. The predicted molar refractivity (Wildman–Crippen MR) is 82.2 cm³/mol.